The predicted octanol–water partition coefficient (Wildman–Crippen LogP) is 8.42. The van der Waals surface area contributed by atoms with E-state index in [0.717, 1.165) is 40.1 Å². The number of carbonyl (C=O) groups excluding carboxylic acids is 6. The number of nitrogens with one attached hydrogen (secondary N) is 1. The number of anilines is 1. The van der Waals surface area contributed by atoms with Crippen molar-refractivity contribution in [2.45, 2.75) is 141 Å². The fourth-order valence-corrected chi connectivity index (χ4v) is 12.0. The molecule has 5 aromatic rings. The first-order chi connectivity index (χ1) is 40.8. The second-order valence-corrected chi connectivity index (χ2v) is 24.2. The summed E-state index contributed by atoms with van der Waals surface area (Å²) in [5.74, 6) is -2.31. The number of para-hydroxylation sites is 1. The number of allylic oxidation sites excluding steroid dienone is 1. The number of Topliss-reactive ketones (excluding diaryl/α,β-unsaturated/α-hetero) is 3. The van der Waals surface area contributed by atoms with Crippen molar-refractivity contribution < 1.29 is 60.9 Å². The number of hydrogen-bond acceptors (Lipinski definition) is 19. The molecule has 0 unspecified atom stereocenters. The van der Waals surface area contributed by atoms with Gasteiger partial charge in [-0.3, -0.25) is 24.0 Å². The lowest BCUT2D eigenvalue weighted by Gasteiger charge is -2.35. The number of unbranched alkanes of at least 4 members (excludes halogenated alkanes) is 2. The lowest BCUT2D eigenvalue weighted by molar-refractivity contribution is -0.175. The van der Waals surface area contributed by atoms with Crippen molar-refractivity contribution in [1.29, 1.82) is 0 Å². The molecule has 23 heteroatoms. The van der Waals surface area contributed by atoms with Crippen molar-refractivity contribution in [3.8, 4) is 11.4 Å². The molecule has 2 aliphatic heterocycles. The van der Waals surface area contributed by atoms with Crippen LogP contribution in [0, 0.1) is 5.92 Å². The van der Waals surface area contributed by atoms with Crippen LogP contribution in [0.1, 0.15) is 131 Å². The van der Waals surface area contributed by atoms with E-state index < -0.39 is 45.1 Å². The summed E-state index contributed by atoms with van der Waals surface area (Å²) < 4.78 is 56.5. The van der Waals surface area contributed by atoms with Crippen LogP contribution in [0.4, 0.5) is 10.5 Å². The van der Waals surface area contributed by atoms with Crippen LogP contribution in [-0.4, -0.2) is 126 Å². The van der Waals surface area contributed by atoms with Gasteiger partial charge in [-0.15, -0.1) is 0 Å². The van der Waals surface area contributed by atoms with Gasteiger partial charge in [0, 0.05) is 97.6 Å². The van der Waals surface area contributed by atoms with Gasteiger partial charge in [0.25, 0.3) is 5.56 Å². The molecule has 0 bridgehead atoms. The number of amides is 1. The van der Waals surface area contributed by atoms with Gasteiger partial charge in [-0.25, -0.2) is 33.0 Å². The van der Waals surface area contributed by atoms with Gasteiger partial charge in [-0.1, -0.05) is 67.6 Å². The number of nitrogens with zero attached hydrogens (tertiary/aromatic N) is 5. The van der Waals surface area contributed by atoms with Crippen LogP contribution in [0.25, 0.3) is 28.4 Å². The molecule has 2 aliphatic rings. The zero-order chi connectivity index (χ0) is 61.1. The molecule has 0 fully saturated rings. The van der Waals surface area contributed by atoms with Crippen LogP contribution in [-0.2, 0) is 89.5 Å². The molecule has 0 spiro atoms. The molecule has 2 aromatic carbocycles. The summed E-state index contributed by atoms with van der Waals surface area (Å²) in [6.07, 6.45) is 14.9. The number of cyclic esters (lactones) is 1. The van der Waals surface area contributed by atoms with Crippen LogP contribution in [0.2, 0.25) is 0 Å². The smallest absolute Gasteiger partial charge is 0.457 e. The van der Waals surface area contributed by atoms with E-state index in [-0.39, 0.29) is 93.3 Å². The first-order valence-electron chi connectivity index (χ1n) is 28.9. The van der Waals surface area contributed by atoms with Crippen LogP contribution in [0.15, 0.2) is 83.0 Å². The Bertz CT molecular complexity index is 3390. The number of thioether (sulfide) groups is 1. The van der Waals surface area contributed by atoms with Crippen LogP contribution >= 0.6 is 11.8 Å². The van der Waals surface area contributed by atoms with Gasteiger partial charge < -0.3 is 39.3 Å². The average Bonchev–Trinajstić information content (AvgIpc) is 1.78. The number of rotatable bonds is 35. The Kier molecular flexibility index (Phi) is 24.2. The van der Waals surface area contributed by atoms with Crippen molar-refractivity contribution in [2.24, 2.45) is 11.7 Å². The standard InChI is InChI=1S/C62H77N7O14S2/c1-6-62(53-33-55-56-51(36-68(55)58(74)52(53)40-81-59(62)75)49(50-21-10-11-22-54(50)67-56)27-29-69(41(2)3)85(5,77)78)83-61(76)82-37-42-23-25-45(26-24-42)66-57(73)44(17-12-13-28-63)32-48(72)39-80-38-47(71)20-15-31-79-30-14-19-46(70)18-9-7-8-16-43-34-64-60(84-4)65-35-43/h8,10-11,16,21-26,33-35,41,44H,6-7,9,12-15,17-20,27-32,36-40,63H2,1-5H3,(H,66,73)/b16-8+/t44-,62+/m1/s1. The normalized spacial score (nSPS) is 14.9. The summed E-state index contributed by atoms with van der Waals surface area (Å²) in [7, 11) is -3.53. The Morgan fingerprint density at radius 1 is 0.906 bits per heavy atom. The third kappa shape index (κ3) is 17.8. The number of fused-ring (bicyclic) bond motifs is 5. The number of pyridine rings is 2. The molecule has 85 heavy (non-hydrogen) atoms. The molecule has 7 rings (SSSR count). The number of esters is 1. The van der Waals surface area contributed by atoms with Crippen LogP contribution in [0.3, 0.4) is 0 Å². The number of benzene rings is 2. The summed E-state index contributed by atoms with van der Waals surface area (Å²) in [6.45, 7) is 5.55. The zero-order valence-corrected chi connectivity index (χ0v) is 50.7. The number of ether oxygens (including phenoxy) is 5. The summed E-state index contributed by atoms with van der Waals surface area (Å²) in [5.41, 5.74) is 8.48. The zero-order valence-electron chi connectivity index (χ0n) is 49.1. The Labute approximate surface area is 500 Å². The largest absolute Gasteiger partial charge is 0.510 e. The number of carbonyl (C=O) groups is 6. The van der Waals surface area contributed by atoms with Crippen LogP contribution in [0.5, 0.6) is 0 Å². The second kappa shape index (κ2) is 31.4. The minimum absolute atomic E-state index is 0.103. The van der Waals surface area contributed by atoms with E-state index in [1.165, 1.54) is 22.3 Å². The molecular weight excluding hydrogens is 1130 g/mol. The monoisotopic (exact) mass is 1210 g/mol. The first-order valence-corrected chi connectivity index (χ1v) is 31.9. The highest BCUT2D eigenvalue weighted by Gasteiger charge is 2.51. The highest BCUT2D eigenvalue weighted by Crippen LogP contribution is 2.42. The fourth-order valence-electron chi connectivity index (χ4n) is 10.5. The molecule has 0 aliphatic carbocycles. The highest BCUT2D eigenvalue weighted by atomic mass is 32.2. The summed E-state index contributed by atoms with van der Waals surface area (Å²) in [4.78, 5) is 107. The van der Waals surface area contributed by atoms with Crippen molar-refractivity contribution in [2.75, 3.05) is 57.3 Å². The third-order valence-corrected chi connectivity index (χ3v) is 17.0. The number of ketones is 3. The minimum Gasteiger partial charge on any atom is -0.457 e. The van der Waals surface area contributed by atoms with Gasteiger partial charge in [-0.2, -0.15) is 4.31 Å². The summed E-state index contributed by atoms with van der Waals surface area (Å²) >= 11 is 1.48. The van der Waals surface area contributed by atoms with Crippen LogP contribution < -0.4 is 16.6 Å². The molecule has 3 aromatic heterocycles. The van der Waals surface area contributed by atoms with Gasteiger partial charge in [-0.05, 0) is 113 Å². The van der Waals surface area contributed by atoms with E-state index in [4.69, 9.17) is 34.4 Å². The molecule has 0 saturated heterocycles. The van der Waals surface area contributed by atoms with Crippen molar-refractivity contribution in [3.05, 3.63) is 117 Å². The van der Waals surface area contributed by atoms with E-state index in [0.29, 0.717) is 99.3 Å². The van der Waals surface area contributed by atoms with E-state index in [2.05, 4.69) is 15.3 Å². The van der Waals surface area contributed by atoms with Gasteiger partial charge >= 0.3 is 12.1 Å². The van der Waals surface area contributed by atoms with Crippen molar-refractivity contribution >= 4 is 79.8 Å². The Balaban J connectivity index is 0.856. The van der Waals surface area contributed by atoms with Gasteiger partial charge in [0.1, 0.15) is 32.2 Å². The molecule has 5 heterocycles. The lowest BCUT2D eigenvalue weighted by atomic mass is 9.85. The van der Waals surface area contributed by atoms with Gasteiger partial charge in [0.2, 0.25) is 21.5 Å². The fraction of sp³-hybridized carbons (Fsp3) is 0.484. The first kappa shape index (κ1) is 65.5. The maximum Gasteiger partial charge on any atom is 0.510 e. The number of hydrogen-bond donors (Lipinski definition) is 2. The molecule has 456 valence electrons. The molecule has 21 nitrogen and oxygen atoms in total. The van der Waals surface area contributed by atoms with E-state index in [1.54, 1.807) is 54.2 Å². The highest BCUT2D eigenvalue weighted by molar-refractivity contribution is 7.98. The Morgan fingerprint density at radius 2 is 1.61 bits per heavy atom. The number of nitrogens with two attached hydrogens (primary N) is 1. The molecule has 1 amide bonds. The third-order valence-electron chi connectivity index (χ3n) is 14.9. The van der Waals surface area contributed by atoms with Gasteiger partial charge in [0.05, 0.1) is 35.3 Å². The molecular formula is C62H77N7O14S2. The Hall–Kier alpha value is -7.02. The van der Waals surface area contributed by atoms with E-state index in [1.807, 2.05) is 56.5 Å². The number of sulfonamides is 1. The maximum absolute atomic E-state index is 14.4. The quantitative estimate of drug-likeness (QED) is 0.0163. The number of aromatic nitrogens is 4. The topological polar surface area (TPSA) is 285 Å². The SMILES string of the molecule is CC[C@@]1(OC(=O)OCc2ccc(NC(=O)[C@H](CCCCN)CC(=O)COCC(=O)CCCOCCCC(=O)CCC/C=C/c3cnc(SC)nc3)cc2)C(=O)OCc2c1cc1n(c2=O)Cc2c-1nc1ccccc1c2CCN(C(C)C)S(C)(=O)=O. The van der Waals surface area contributed by atoms with Crippen molar-refractivity contribution in [1.82, 2.24) is 23.8 Å². The van der Waals surface area contributed by atoms with E-state index >= 15 is 0 Å². The molecule has 0 saturated carbocycles. The maximum atomic E-state index is 14.4. The van der Waals surface area contributed by atoms with Gasteiger partial charge in [0.15, 0.2) is 16.7 Å². The summed E-state index contributed by atoms with van der Waals surface area (Å²) in [5, 5.41) is 4.40. The van der Waals surface area contributed by atoms with E-state index in [9.17, 15) is 42.0 Å². The molecule has 2 atom stereocenters. The molecule has 3 N–H and O–H groups in total. The second-order valence-electron chi connectivity index (χ2n) is 21.5. The average molecular weight is 1210 g/mol. The lowest BCUT2D eigenvalue weighted by Crippen LogP contribution is -2.47. The van der Waals surface area contributed by atoms with Crippen molar-refractivity contribution in [3.63, 3.8) is 0 Å². The summed E-state index contributed by atoms with van der Waals surface area (Å²) in [6, 6.07) is 15.3. The minimum atomic E-state index is -3.53. The predicted molar refractivity (Wildman–Crippen MR) is 322 cm³/mol. The Morgan fingerprint density at radius 3 is 2.31 bits per heavy atom. The molecule has 0 radical (unpaired) electrons.